The Morgan fingerprint density at radius 3 is 2.45 bits per heavy atom. The van der Waals surface area contributed by atoms with Gasteiger partial charge in [-0.05, 0) is 30.5 Å². The molecule has 22 heavy (non-hydrogen) atoms. The van der Waals surface area contributed by atoms with E-state index >= 15 is 0 Å². The van der Waals surface area contributed by atoms with Gasteiger partial charge in [0.05, 0.1) is 10.5 Å². The summed E-state index contributed by atoms with van der Waals surface area (Å²) < 4.78 is 0. The summed E-state index contributed by atoms with van der Waals surface area (Å²) in [5.74, 6) is -2.19. The predicted molar refractivity (Wildman–Crippen MR) is 79.1 cm³/mol. The van der Waals surface area contributed by atoms with Crippen LogP contribution in [0.3, 0.4) is 0 Å². The van der Waals surface area contributed by atoms with Gasteiger partial charge in [0.2, 0.25) is 5.75 Å². The molecule has 0 atom stereocenters. The van der Waals surface area contributed by atoms with E-state index in [1.54, 1.807) is 6.07 Å². The van der Waals surface area contributed by atoms with E-state index in [1.807, 2.05) is 13.8 Å². The number of phenolic OH excluding ortho intramolecular Hbond substituents is 2. The average molecular weight is 304 g/mol. The smallest absolute Gasteiger partial charge is 0.315 e. The maximum absolute atomic E-state index is 12.2. The number of ketones is 1. The van der Waals surface area contributed by atoms with Gasteiger partial charge in [-0.2, -0.15) is 5.26 Å². The molecule has 1 aromatic carbocycles. The summed E-state index contributed by atoms with van der Waals surface area (Å²) in [6.45, 7) is 3.66. The van der Waals surface area contributed by atoms with Crippen molar-refractivity contribution in [2.24, 2.45) is 5.92 Å². The minimum Gasteiger partial charge on any atom is -0.504 e. The number of benzene rings is 1. The third kappa shape index (κ3) is 3.61. The van der Waals surface area contributed by atoms with E-state index in [0.717, 1.165) is 12.1 Å². The number of aromatic hydroxyl groups is 2. The summed E-state index contributed by atoms with van der Waals surface area (Å²) in [7, 11) is 0. The second-order valence-electron chi connectivity index (χ2n) is 4.71. The van der Waals surface area contributed by atoms with Crippen LogP contribution in [0, 0.1) is 27.4 Å². The Bertz CT molecular complexity index is 669. The minimum absolute atomic E-state index is 0.0952. The van der Waals surface area contributed by atoms with Crippen molar-refractivity contribution in [3.63, 3.8) is 0 Å². The molecule has 1 rings (SSSR count). The Labute approximate surface area is 127 Å². The highest BCUT2D eigenvalue weighted by molar-refractivity contribution is 6.04. The summed E-state index contributed by atoms with van der Waals surface area (Å²) in [5.41, 5.74) is -0.746. The quantitative estimate of drug-likeness (QED) is 0.274. The lowest BCUT2D eigenvalue weighted by molar-refractivity contribution is -0.386. The Balaban J connectivity index is 3.33. The molecule has 0 aliphatic heterocycles. The lowest BCUT2D eigenvalue weighted by atomic mass is 9.92. The molecule has 2 N–H and O–H groups in total. The second-order valence-corrected chi connectivity index (χ2v) is 4.71. The molecule has 0 fully saturated rings. The molecule has 0 spiro atoms. The molecule has 1 aromatic rings. The van der Waals surface area contributed by atoms with Gasteiger partial charge in [0, 0.05) is 12.0 Å². The Hall–Kier alpha value is -2.88. The third-order valence-corrected chi connectivity index (χ3v) is 3.34. The molecule has 7 nitrogen and oxygen atoms in total. The Kier molecular flexibility index (Phi) is 5.64. The molecular weight excluding hydrogens is 288 g/mol. The van der Waals surface area contributed by atoms with Crippen molar-refractivity contribution in [2.75, 3.05) is 0 Å². The number of nitrogens with zero attached hydrogens (tertiary/aromatic N) is 2. The molecule has 116 valence electrons. The van der Waals surface area contributed by atoms with Crippen LogP contribution >= 0.6 is 0 Å². The van der Waals surface area contributed by atoms with Gasteiger partial charge in [-0.15, -0.1) is 0 Å². The maximum Gasteiger partial charge on any atom is 0.315 e. The van der Waals surface area contributed by atoms with E-state index in [0.29, 0.717) is 12.8 Å². The number of nitriles is 1. The van der Waals surface area contributed by atoms with Crippen LogP contribution in [0.2, 0.25) is 0 Å². The van der Waals surface area contributed by atoms with Gasteiger partial charge in [-0.25, -0.2) is 0 Å². The number of carbonyl (C=O) groups excluding carboxylic acids is 1. The number of hydrogen-bond donors (Lipinski definition) is 2. The van der Waals surface area contributed by atoms with Crippen LogP contribution < -0.4 is 0 Å². The first-order valence-corrected chi connectivity index (χ1v) is 6.72. The van der Waals surface area contributed by atoms with Crippen molar-refractivity contribution >= 4 is 17.5 Å². The van der Waals surface area contributed by atoms with Crippen molar-refractivity contribution in [1.82, 2.24) is 0 Å². The van der Waals surface area contributed by atoms with Crippen molar-refractivity contribution < 1.29 is 19.9 Å². The van der Waals surface area contributed by atoms with Crippen LogP contribution in [0.1, 0.15) is 32.3 Å². The van der Waals surface area contributed by atoms with Crippen molar-refractivity contribution in [2.45, 2.75) is 26.7 Å². The molecule has 0 heterocycles. The van der Waals surface area contributed by atoms with Crippen LogP contribution in [0.15, 0.2) is 17.7 Å². The van der Waals surface area contributed by atoms with E-state index in [1.165, 1.54) is 6.08 Å². The van der Waals surface area contributed by atoms with Gasteiger partial charge in [0.15, 0.2) is 11.5 Å². The zero-order valence-electron chi connectivity index (χ0n) is 12.2. The first-order chi connectivity index (χ1) is 10.3. The molecular formula is C15H16N2O5. The molecule has 0 saturated carbocycles. The standard InChI is InChI=1S/C15H16N2O5/c1-3-10(4-2)14(19)11(8-16)5-9-6-12(17(21)22)15(20)13(18)7-9/h5-7,10,18,20H,3-4H2,1-2H3/b11-5+. The average Bonchev–Trinajstić information content (AvgIpc) is 2.48. The number of phenols is 2. The number of nitro groups is 1. The van der Waals surface area contributed by atoms with Gasteiger partial charge in [0.1, 0.15) is 6.07 Å². The van der Waals surface area contributed by atoms with Crippen LogP contribution in [-0.4, -0.2) is 20.9 Å². The van der Waals surface area contributed by atoms with Gasteiger partial charge in [-0.1, -0.05) is 13.8 Å². The summed E-state index contributed by atoms with van der Waals surface area (Å²) in [4.78, 5) is 22.1. The number of nitro benzene ring substituents is 1. The highest BCUT2D eigenvalue weighted by Gasteiger charge is 2.21. The number of Topliss-reactive ketones (excluding diaryl/α,β-unsaturated/α-hetero) is 1. The molecule has 0 bridgehead atoms. The van der Waals surface area contributed by atoms with Gasteiger partial charge in [0.25, 0.3) is 0 Å². The highest BCUT2D eigenvalue weighted by atomic mass is 16.6. The van der Waals surface area contributed by atoms with Crippen molar-refractivity contribution in [3.8, 4) is 17.6 Å². The van der Waals surface area contributed by atoms with Crippen molar-refractivity contribution in [1.29, 1.82) is 5.26 Å². The molecule has 0 aromatic heterocycles. The molecule has 0 saturated heterocycles. The Morgan fingerprint density at radius 1 is 1.41 bits per heavy atom. The first kappa shape index (κ1) is 17.2. The van der Waals surface area contributed by atoms with Crippen LogP contribution in [0.5, 0.6) is 11.5 Å². The van der Waals surface area contributed by atoms with E-state index in [4.69, 9.17) is 5.26 Å². The molecule has 0 unspecified atom stereocenters. The summed E-state index contributed by atoms with van der Waals surface area (Å²) >= 11 is 0. The zero-order chi connectivity index (χ0) is 16.9. The number of rotatable bonds is 6. The van der Waals surface area contributed by atoms with E-state index in [-0.39, 0.29) is 22.8 Å². The fourth-order valence-electron chi connectivity index (χ4n) is 2.05. The zero-order valence-corrected chi connectivity index (χ0v) is 12.2. The summed E-state index contributed by atoms with van der Waals surface area (Å²) in [6, 6.07) is 3.83. The number of carbonyl (C=O) groups is 1. The summed E-state index contributed by atoms with van der Waals surface area (Å²) in [6.07, 6.45) is 2.33. The van der Waals surface area contributed by atoms with Crippen molar-refractivity contribution in [3.05, 3.63) is 33.4 Å². The number of allylic oxidation sites excluding steroid dienone is 1. The number of hydrogen-bond acceptors (Lipinski definition) is 6. The Morgan fingerprint density at radius 2 is 2.00 bits per heavy atom. The lowest BCUT2D eigenvalue weighted by Gasteiger charge is -2.09. The van der Waals surface area contributed by atoms with E-state index in [9.17, 15) is 25.1 Å². The maximum atomic E-state index is 12.2. The lowest BCUT2D eigenvalue weighted by Crippen LogP contribution is -2.14. The molecule has 7 heteroatoms. The van der Waals surface area contributed by atoms with E-state index in [2.05, 4.69) is 0 Å². The monoisotopic (exact) mass is 304 g/mol. The molecule has 0 amide bonds. The van der Waals surface area contributed by atoms with E-state index < -0.39 is 22.1 Å². The second kappa shape index (κ2) is 7.22. The topological polar surface area (TPSA) is 124 Å². The fraction of sp³-hybridized carbons (Fsp3) is 0.333. The fourth-order valence-corrected chi connectivity index (χ4v) is 2.05. The summed E-state index contributed by atoms with van der Waals surface area (Å²) in [5, 5.41) is 38.8. The molecule has 0 radical (unpaired) electrons. The molecule has 0 aliphatic carbocycles. The minimum atomic E-state index is -0.860. The predicted octanol–water partition coefficient (Wildman–Crippen LogP) is 2.92. The first-order valence-electron chi connectivity index (χ1n) is 6.72. The van der Waals surface area contributed by atoms with Gasteiger partial charge < -0.3 is 10.2 Å². The third-order valence-electron chi connectivity index (χ3n) is 3.34. The van der Waals surface area contributed by atoms with Crippen LogP contribution in [-0.2, 0) is 4.79 Å². The normalized spacial score (nSPS) is 11.3. The SMILES string of the molecule is CCC(CC)C(=O)/C(C#N)=C/c1cc(O)c(O)c([N+](=O)[O-])c1. The van der Waals surface area contributed by atoms with Gasteiger partial charge >= 0.3 is 5.69 Å². The largest absolute Gasteiger partial charge is 0.504 e. The van der Waals surface area contributed by atoms with Crippen LogP contribution in [0.25, 0.3) is 6.08 Å². The highest BCUT2D eigenvalue weighted by Crippen LogP contribution is 2.36. The molecule has 0 aliphatic rings. The van der Waals surface area contributed by atoms with Gasteiger partial charge in [-0.3, -0.25) is 14.9 Å². The van der Waals surface area contributed by atoms with Crippen LogP contribution in [0.4, 0.5) is 5.69 Å².